The molecular weight excluding hydrogens is 312 g/mol. The number of benzene rings is 1. The summed E-state index contributed by atoms with van der Waals surface area (Å²) in [4.78, 5) is 13.0. The summed E-state index contributed by atoms with van der Waals surface area (Å²) in [5, 5.41) is 12.5. The minimum absolute atomic E-state index is 0.0871. The Morgan fingerprint density at radius 2 is 1.64 bits per heavy atom. The Kier molecular flexibility index (Phi) is 4.99. The van der Waals surface area contributed by atoms with Crippen LogP contribution in [0.1, 0.15) is 89.2 Å². The van der Waals surface area contributed by atoms with Crippen molar-refractivity contribution in [2.75, 3.05) is 0 Å². The third-order valence-corrected chi connectivity index (χ3v) is 5.37. The van der Waals surface area contributed by atoms with Crippen LogP contribution < -0.4 is 5.43 Å². The number of nitrogens with one attached hydrogen (secondary N) is 1. The second-order valence-electron chi connectivity index (χ2n) is 9.69. The first kappa shape index (κ1) is 19.8. The largest absolute Gasteiger partial charge is 0.507 e. The Balaban J connectivity index is 2.37. The number of piperidine rings is 1. The molecule has 4 heteroatoms. The van der Waals surface area contributed by atoms with E-state index < -0.39 is 0 Å². The number of carbonyl (C=O) groups excluding carboxylic acids is 1. The van der Waals surface area contributed by atoms with Crippen LogP contribution in [0.5, 0.6) is 5.75 Å². The first-order valence-electron chi connectivity index (χ1n) is 9.21. The fraction of sp³-hybridized carbons (Fsp3) is 0.667. The number of hydrogen-bond donors (Lipinski definition) is 2. The van der Waals surface area contributed by atoms with Crippen molar-refractivity contribution in [3.8, 4) is 5.75 Å². The summed E-state index contributed by atoms with van der Waals surface area (Å²) >= 11 is 0. The van der Waals surface area contributed by atoms with Crippen LogP contribution in [0, 0.1) is 6.92 Å². The van der Waals surface area contributed by atoms with Crippen molar-refractivity contribution in [1.82, 2.24) is 10.4 Å². The van der Waals surface area contributed by atoms with Gasteiger partial charge in [0.25, 0.3) is 5.91 Å². The average Bonchev–Trinajstić information content (AvgIpc) is 2.43. The minimum Gasteiger partial charge on any atom is -0.507 e. The Morgan fingerprint density at radius 3 is 2.12 bits per heavy atom. The van der Waals surface area contributed by atoms with E-state index in [1.807, 2.05) is 33.8 Å². The molecule has 0 bridgehead atoms. The van der Waals surface area contributed by atoms with Crippen molar-refractivity contribution < 1.29 is 9.90 Å². The fourth-order valence-corrected chi connectivity index (χ4v) is 3.95. The van der Waals surface area contributed by atoms with Gasteiger partial charge in [0.15, 0.2) is 0 Å². The zero-order valence-electron chi connectivity index (χ0n) is 17.1. The van der Waals surface area contributed by atoms with Crippen LogP contribution in [-0.4, -0.2) is 27.1 Å². The molecule has 1 saturated heterocycles. The molecule has 1 heterocycles. The summed E-state index contributed by atoms with van der Waals surface area (Å²) in [6.07, 6.45) is 3.27. The number of aromatic hydroxyl groups is 1. The molecule has 1 fully saturated rings. The summed E-state index contributed by atoms with van der Waals surface area (Å²) in [5.74, 6) is 0.166. The fourth-order valence-electron chi connectivity index (χ4n) is 3.95. The maximum atomic E-state index is 13.0. The highest BCUT2D eigenvalue weighted by atomic mass is 16.3. The normalized spacial score (nSPS) is 20.3. The molecule has 1 aliphatic rings. The molecule has 25 heavy (non-hydrogen) atoms. The molecule has 1 aromatic carbocycles. The molecule has 4 nitrogen and oxygen atoms in total. The lowest BCUT2D eigenvalue weighted by molar-refractivity contribution is -0.0612. The van der Waals surface area contributed by atoms with E-state index in [1.165, 1.54) is 6.42 Å². The van der Waals surface area contributed by atoms with Crippen molar-refractivity contribution in [2.24, 2.45) is 0 Å². The van der Waals surface area contributed by atoms with Gasteiger partial charge in [-0.25, -0.2) is 5.01 Å². The van der Waals surface area contributed by atoms with E-state index >= 15 is 0 Å². The third-order valence-electron chi connectivity index (χ3n) is 5.37. The number of carbonyl (C=O) groups is 1. The lowest BCUT2D eigenvalue weighted by Crippen LogP contribution is -2.65. The van der Waals surface area contributed by atoms with E-state index in [9.17, 15) is 9.90 Å². The number of phenols is 1. The van der Waals surface area contributed by atoms with Gasteiger partial charge in [0.05, 0.1) is 0 Å². The average molecular weight is 347 g/mol. The number of hydrogen-bond acceptors (Lipinski definition) is 3. The molecule has 0 saturated carbocycles. The van der Waals surface area contributed by atoms with Gasteiger partial charge in [-0.15, -0.1) is 0 Å². The second kappa shape index (κ2) is 6.31. The maximum absolute atomic E-state index is 13.0. The smallest absolute Gasteiger partial charge is 0.265 e. The molecule has 1 aromatic rings. The number of nitrogens with zero attached hydrogens (tertiary/aromatic N) is 1. The van der Waals surface area contributed by atoms with Crippen LogP contribution >= 0.6 is 0 Å². The second-order valence-corrected chi connectivity index (χ2v) is 9.69. The van der Waals surface area contributed by atoms with Crippen LogP contribution in [-0.2, 0) is 5.41 Å². The number of phenolic OH excluding ortho intramolecular Hbond substituents is 1. The van der Waals surface area contributed by atoms with Crippen LogP contribution in [0.4, 0.5) is 0 Å². The monoisotopic (exact) mass is 346 g/mol. The van der Waals surface area contributed by atoms with Crippen molar-refractivity contribution >= 4 is 5.91 Å². The topological polar surface area (TPSA) is 52.6 Å². The predicted molar refractivity (Wildman–Crippen MR) is 103 cm³/mol. The predicted octanol–water partition coefficient (Wildman–Crippen LogP) is 4.69. The van der Waals surface area contributed by atoms with Gasteiger partial charge in [0, 0.05) is 22.2 Å². The lowest BCUT2D eigenvalue weighted by Gasteiger charge is -2.52. The van der Waals surface area contributed by atoms with Crippen molar-refractivity contribution in [2.45, 2.75) is 91.1 Å². The minimum atomic E-state index is -0.227. The van der Waals surface area contributed by atoms with E-state index in [2.05, 4.69) is 38.1 Å². The number of amides is 1. The maximum Gasteiger partial charge on any atom is 0.265 e. The van der Waals surface area contributed by atoms with Gasteiger partial charge in [0.2, 0.25) is 0 Å². The highest BCUT2D eigenvalue weighted by Crippen LogP contribution is 2.37. The van der Waals surface area contributed by atoms with Gasteiger partial charge in [-0.3, -0.25) is 10.2 Å². The third kappa shape index (κ3) is 4.00. The molecule has 0 radical (unpaired) electrons. The molecule has 1 aliphatic heterocycles. The van der Waals surface area contributed by atoms with Crippen LogP contribution in [0.25, 0.3) is 0 Å². The number of aryl methyl sites for hydroxylation is 1. The standard InChI is InChI=1S/C21H34N2O2/c1-14-12-15(13-16(17(14)24)19(2,3)4)18(25)22-23-20(5,6)10-9-11-21(23,7)8/h12-13,24H,9-11H2,1-8H3,(H,22,25). The van der Waals surface area contributed by atoms with Crippen LogP contribution in [0.15, 0.2) is 12.1 Å². The first-order chi connectivity index (χ1) is 11.3. The zero-order valence-corrected chi connectivity index (χ0v) is 17.1. The van der Waals surface area contributed by atoms with Crippen molar-refractivity contribution in [3.63, 3.8) is 0 Å². The van der Waals surface area contributed by atoms with Gasteiger partial charge in [0.1, 0.15) is 5.75 Å². The van der Waals surface area contributed by atoms with Gasteiger partial charge in [-0.1, -0.05) is 20.8 Å². The van der Waals surface area contributed by atoms with E-state index in [0.29, 0.717) is 5.56 Å². The molecule has 0 aromatic heterocycles. The SMILES string of the molecule is Cc1cc(C(=O)NN2C(C)(C)CCCC2(C)C)cc(C(C)(C)C)c1O. The van der Waals surface area contributed by atoms with Gasteiger partial charge in [-0.2, -0.15) is 0 Å². The van der Waals surface area contributed by atoms with Crippen molar-refractivity contribution in [3.05, 3.63) is 28.8 Å². The van der Waals surface area contributed by atoms with Gasteiger partial charge in [-0.05, 0) is 77.0 Å². The van der Waals surface area contributed by atoms with E-state index in [0.717, 1.165) is 24.0 Å². The van der Waals surface area contributed by atoms with E-state index in [4.69, 9.17) is 0 Å². The van der Waals surface area contributed by atoms with Crippen LogP contribution in [0.2, 0.25) is 0 Å². The Hall–Kier alpha value is -1.55. The molecule has 0 aliphatic carbocycles. The first-order valence-corrected chi connectivity index (χ1v) is 9.21. The molecular formula is C21H34N2O2. The summed E-state index contributed by atoms with van der Waals surface area (Å²) in [6.45, 7) is 16.7. The highest BCUT2D eigenvalue weighted by Gasteiger charge is 2.42. The van der Waals surface area contributed by atoms with Gasteiger partial charge >= 0.3 is 0 Å². The Morgan fingerprint density at radius 1 is 1.12 bits per heavy atom. The van der Waals surface area contributed by atoms with E-state index in [1.54, 1.807) is 6.07 Å². The number of rotatable bonds is 2. The van der Waals surface area contributed by atoms with Crippen molar-refractivity contribution in [1.29, 1.82) is 0 Å². The lowest BCUT2D eigenvalue weighted by atomic mass is 9.81. The molecule has 2 rings (SSSR count). The molecule has 0 unspecified atom stereocenters. The molecule has 0 atom stereocenters. The van der Waals surface area contributed by atoms with Crippen LogP contribution in [0.3, 0.4) is 0 Å². The Labute approximate surface area is 152 Å². The summed E-state index contributed by atoms with van der Waals surface area (Å²) in [5.41, 5.74) is 4.88. The number of hydrazine groups is 1. The summed E-state index contributed by atoms with van der Waals surface area (Å²) < 4.78 is 0. The zero-order chi connectivity index (χ0) is 19.2. The molecule has 1 amide bonds. The van der Waals surface area contributed by atoms with E-state index in [-0.39, 0.29) is 28.1 Å². The highest BCUT2D eigenvalue weighted by molar-refractivity contribution is 5.94. The molecule has 2 N–H and O–H groups in total. The molecule has 140 valence electrons. The summed E-state index contributed by atoms with van der Waals surface area (Å²) in [6, 6.07) is 3.59. The Bertz CT molecular complexity index is 653. The quantitative estimate of drug-likeness (QED) is 0.817. The van der Waals surface area contributed by atoms with Gasteiger partial charge < -0.3 is 5.11 Å². The molecule has 0 spiro atoms. The summed E-state index contributed by atoms with van der Waals surface area (Å²) in [7, 11) is 0.